The standard InChI is InChI=1S/C23H23FN4O4/c1-14-13-20(29)21(26-28(14)19-8-6-5-7-18(19)24)23(31)32-15(2)22(30)25-16-9-11-17(12-10-16)27(3)4/h5-13,15H,1-4H3,(H,25,30). The molecular weight excluding hydrogens is 415 g/mol. The minimum Gasteiger partial charge on any atom is -0.448 e. The fraction of sp³-hybridized carbons (Fsp3) is 0.217. The summed E-state index contributed by atoms with van der Waals surface area (Å²) in [6, 6.07) is 14.1. The molecule has 3 rings (SSSR count). The molecule has 1 unspecified atom stereocenters. The number of hydrogen-bond donors (Lipinski definition) is 1. The molecule has 0 aliphatic heterocycles. The Kier molecular flexibility index (Phi) is 6.67. The zero-order valence-corrected chi connectivity index (χ0v) is 18.1. The first-order valence-electron chi connectivity index (χ1n) is 9.82. The Hall–Kier alpha value is -4.01. The first-order valence-corrected chi connectivity index (χ1v) is 9.82. The molecule has 9 heteroatoms. The summed E-state index contributed by atoms with van der Waals surface area (Å²) in [5.41, 5.74) is 0.661. The quantitative estimate of drug-likeness (QED) is 0.595. The minimum atomic E-state index is -1.19. The molecule has 3 aromatic rings. The summed E-state index contributed by atoms with van der Waals surface area (Å²) in [6.45, 7) is 2.94. The van der Waals surface area contributed by atoms with Gasteiger partial charge >= 0.3 is 5.97 Å². The Morgan fingerprint density at radius 1 is 1.12 bits per heavy atom. The van der Waals surface area contributed by atoms with E-state index in [1.807, 2.05) is 31.1 Å². The van der Waals surface area contributed by atoms with Crippen LogP contribution in [0.25, 0.3) is 5.69 Å². The van der Waals surface area contributed by atoms with Crippen LogP contribution in [0.3, 0.4) is 0 Å². The summed E-state index contributed by atoms with van der Waals surface area (Å²) in [4.78, 5) is 39.2. The highest BCUT2D eigenvalue weighted by Gasteiger charge is 2.23. The van der Waals surface area contributed by atoms with Gasteiger partial charge in [0.2, 0.25) is 11.1 Å². The number of anilines is 2. The predicted molar refractivity (Wildman–Crippen MR) is 119 cm³/mol. The van der Waals surface area contributed by atoms with Gasteiger partial charge in [0.1, 0.15) is 11.5 Å². The zero-order chi connectivity index (χ0) is 23.4. The van der Waals surface area contributed by atoms with Crippen LogP contribution < -0.4 is 15.6 Å². The number of para-hydroxylation sites is 1. The van der Waals surface area contributed by atoms with Gasteiger partial charge in [-0.1, -0.05) is 12.1 Å². The van der Waals surface area contributed by atoms with E-state index >= 15 is 0 Å². The molecule has 0 aliphatic rings. The molecule has 0 saturated carbocycles. The van der Waals surface area contributed by atoms with E-state index in [0.29, 0.717) is 11.4 Å². The van der Waals surface area contributed by atoms with Crippen LogP contribution in [0.4, 0.5) is 15.8 Å². The molecule has 0 aliphatic carbocycles. The number of benzene rings is 2. The van der Waals surface area contributed by atoms with Gasteiger partial charge in [-0.3, -0.25) is 9.59 Å². The Balaban J connectivity index is 1.76. The van der Waals surface area contributed by atoms with Gasteiger partial charge in [0.05, 0.1) is 0 Å². The van der Waals surface area contributed by atoms with Crippen molar-refractivity contribution in [2.45, 2.75) is 20.0 Å². The highest BCUT2D eigenvalue weighted by Crippen LogP contribution is 2.16. The molecule has 0 radical (unpaired) electrons. The fourth-order valence-corrected chi connectivity index (χ4v) is 2.91. The second kappa shape index (κ2) is 9.42. The Morgan fingerprint density at radius 2 is 1.78 bits per heavy atom. The van der Waals surface area contributed by atoms with Crippen molar-refractivity contribution in [1.29, 1.82) is 0 Å². The number of ether oxygens (including phenoxy) is 1. The number of amides is 1. The minimum absolute atomic E-state index is 0.0750. The number of aromatic nitrogens is 2. The average Bonchev–Trinajstić information content (AvgIpc) is 2.74. The van der Waals surface area contributed by atoms with E-state index in [1.54, 1.807) is 25.1 Å². The normalized spacial score (nSPS) is 11.5. The number of carbonyl (C=O) groups excluding carboxylic acids is 2. The number of hydrogen-bond acceptors (Lipinski definition) is 6. The fourth-order valence-electron chi connectivity index (χ4n) is 2.91. The van der Waals surface area contributed by atoms with Crippen LogP contribution in [0.2, 0.25) is 0 Å². The van der Waals surface area contributed by atoms with Gasteiger partial charge in [-0.2, -0.15) is 5.10 Å². The maximum Gasteiger partial charge on any atom is 0.363 e. The molecule has 1 N–H and O–H groups in total. The number of aryl methyl sites for hydroxylation is 1. The van der Waals surface area contributed by atoms with Crippen molar-refractivity contribution in [3.8, 4) is 5.69 Å². The van der Waals surface area contributed by atoms with Crippen LogP contribution in [0.15, 0.2) is 59.4 Å². The van der Waals surface area contributed by atoms with Crippen LogP contribution >= 0.6 is 0 Å². The molecule has 1 heterocycles. The van der Waals surface area contributed by atoms with Crippen molar-refractivity contribution in [2.24, 2.45) is 0 Å². The van der Waals surface area contributed by atoms with E-state index in [-0.39, 0.29) is 5.69 Å². The molecule has 2 aromatic carbocycles. The third-order valence-corrected chi connectivity index (χ3v) is 4.69. The monoisotopic (exact) mass is 438 g/mol. The topological polar surface area (TPSA) is 93.5 Å². The number of nitrogens with one attached hydrogen (secondary N) is 1. The van der Waals surface area contributed by atoms with Crippen LogP contribution in [0.1, 0.15) is 23.1 Å². The molecule has 1 aromatic heterocycles. The molecule has 0 fully saturated rings. The van der Waals surface area contributed by atoms with Crippen molar-refractivity contribution in [2.75, 3.05) is 24.3 Å². The van der Waals surface area contributed by atoms with Crippen molar-refractivity contribution in [1.82, 2.24) is 9.78 Å². The number of rotatable bonds is 6. The lowest BCUT2D eigenvalue weighted by atomic mass is 10.2. The lowest BCUT2D eigenvalue weighted by molar-refractivity contribution is -0.123. The van der Waals surface area contributed by atoms with Crippen molar-refractivity contribution in [3.05, 3.63) is 82.0 Å². The van der Waals surface area contributed by atoms with Gasteiger partial charge in [-0.05, 0) is 50.2 Å². The van der Waals surface area contributed by atoms with Crippen LogP contribution in [0, 0.1) is 12.7 Å². The Labute approximate surface area is 184 Å². The molecule has 1 amide bonds. The molecular formula is C23H23FN4O4. The van der Waals surface area contributed by atoms with E-state index in [9.17, 15) is 18.8 Å². The molecule has 32 heavy (non-hydrogen) atoms. The van der Waals surface area contributed by atoms with Crippen molar-refractivity contribution < 1.29 is 18.7 Å². The van der Waals surface area contributed by atoms with E-state index in [1.165, 1.54) is 25.1 Å². The maximum atomic E-state index is 14.2. The second-order valence-electron chi connectivity index (χ2n) is 7.34. The van der Waals surface area contributed by atoms with Gasteiger partial charge in [0.15, 0.2) is 6.10 Å². The van der Waals surface area contributed by atoms with E-state index in [4.69, 9.17) is 4.74 Å². The largest absolute Gasteiger partial charge is 0.448 e. The number of carbonyl (C=O) groups is 2. The first-order chi connectivity index (χ1) is 15.2. The number of halogens is 1. The first kappa shape index (κ1) is 22.7. The van der Waals surface area contributed by atoms with Gasteiger partial charge < -0.3 is 15.0 Å². The summed E-state index contributed by atoms with van der Waals surface area (Å²) >= 11 is 0. The predicted octanol–water partition coefficient (Wildman–Crippen LogP) is 2.93. The van der Waals surface area contributed by atoms with Gasteiger partial charge in [-0.25, -0.2) is 13.9 Å². The summed E-state index contributed by atoms with van der Waals surface area (Å²) in [5, 5.41) is 6.62. The van der Waals surface area contributed by atoms with E-state index in [2.05, 4.69) is 10.4 Å². The summed E-state index contributed by atoms with van der Waals surface area (Å²) in [5.74, 6) is -2.22. The summed E-state index contributed by atoms with van der Waals surface area (Å²) < 4.78 is 20.5. The van der Waals surface area contributed by atoms with Crippen LogP contribution in [-0.4, -0.2) is 41.9 Å². The summed E-state index contributed by atoms with van der Waals surface area (Å²) in [6.07, 6.45) is -1.19. The molecule has 0 bridgehead atoms. The maximum absolute atomic E-state index is 14.2. The molecule has 0 saturated heterocycles. The molecule has 8 nitrogen and oxygen atoms in total. The molecule has 0 spiro atoms. The lowest BCUT2D eigenvalue weighted by Crippen LogP contribution is -2.33. The molecule has 1 atom stereocenters. The van der Waals surface area contributed by atoms with Gasteiger partial charge in [0, 0.05) is 37.2 Å². The van der Waals surface area contributed by atoms with E-state index in [0.717, 1.165) is 16.4 Å². The SMILES string of the molecule is Cc1cc(=O)c(C(=O)OC(C)C(=O)Nc2ccc(N(C)C)cc2)nn1-c1ccccc1F. The van der Waals surface area contributed by atoms with Crippen LogP contribution in [-0.2, 0) is 9.53 Å². The van der Waals surface area contributed by atoms with Crippen molar-refractivity contribution in [3.63, 3.8) is 0 Å². The highest BCUT2D eigenvalue weighted by molar-refractivity contribution is 5.96. The second-order valence-corrected chi connectivity index (χ2v) is 7.34. The third kappa shape index (κ3) is 5.00. The smallest absolute Gasteiger partial charge is 0.363 e. The Morgan fingerprint density at radius 3 is 2.41 bits per heavy atom. The zero-order valence-electron chi connectivity index (χ0n) is 18.1. The van der Waals surface area contributed by atoms with Crippen LogP contribution in [0.5, 0.6) is 0 Å². The third-order valence-electron chi connectivity index (χ3n) is 4.69. The highest BCUT2D eigenvalue weighted by atomic mass is 19.1. The van der Waals surface area contributed by atoms with Gasteiger partial charge in [0.25, 0.3) is 5.91 Å². The lowest BCUT2D eigenvalue weighted by Gasteiger charge is -2.16. The number of esters is 1. The average molecular weight is 438 g/mol. The van der Waals surface area contributed by atoms with Gasteiger partial charge in [-0.15, -0.1) is 0 Å². The summed E-state index contributed by atoms with van der Waals surface area (Å²) in [7, 11) is 3.79. The van der Waals surface area contributed by atoms with E-state index < -0.39 is 34.9 Å². The number of nitrogens with zero attached hydrogens (tertiary/aromatic N) is 3. The van der Waals surface area contributed by atoms with Crippen molar-refractivity contribution >= 4 is 23.3 Å². The molecule has 166 valence electrons. The Bertz CT molecular complexity index is 1210.